The number of amides is 1. The van der Waals surface area contributed by atoms with Gasteiger partial charge in [0.05, 0.1) is 11.5 Å². The second kappa shape index (κ2) is 7.74. The van der Waals surface area contributed by atoms with Gasteiger partial charge >= 0.3 is 0 Å². The molecule has 0 radical (unpaired) electrons. The van der Waals surface area contributed by atoms with Gasteiger partial charge in [-0.3, -0.25) is 4.79 Å². The number of hydrogen-bond acceptors (Lipinski definition) is 4. The summed E-state index contributed by atoms with van der Waals surface area (Å²) in [4.78, 5) is 14.2. The molecular weight excluding hydrogens is 340 g/mol. The lowest BCUT2D eigenvalue weighted by Gasteiger charge is -2.23. The van der Waals surface area contributed by atoms with E-state index >= 15 is 0 Å². The molecule has 1 aromatic carbocycles. The van der Waals surface area contributed by atoms with Crippen molar-refractivity contribution in [1.29, 1.82) is 0 Å². The Labute approximate surface area is 149 Å². The van der Waals surface area contributed by atoms with Gasteiger partial charge in [0.15, 0.2) is 0 Å². The van der Waals surface area contributed by atoms with Crippen molar-refractivity contribution in [1.82, 2.24) is 9.21 Å². The molecule has 2 aliphatic rings. The van der Waals surface area contributed by atoms with Gasteiger partial charge in [-0.15, -0.1) is 0 Å². The maximum absolute atomic E-state index is 13.0. The number of fused-ring (bicyclic) bond motifs is 1. The zero-order valence-corrected chi connectivity index (χ0v) is 15.6. The van der Waals surface area contributed by atoms with Crippen LogP contribution < -0.4 is 4.74 Å². The van der Waals surface area contributed by atoms with Crippen molar-refractivity contribution < 1.29 is 17.9 Å². The third-order valence-electron chi connectivity index (χ3n) is 4.79. The number of rotatable bonds is 4. The molecule has 1 aromatic rings. The van der Waals surface area contributed by atoms with Crippen molar-refractivity contribution in [2.24, 2.45) is 0 Å². The summed E-state index contributed by atoms with van der Waals surface area (Å²) in [5.41, 5.74) is 0.960. The van der Waals surface area contributed by atoms with Crippen LogP contribution in [0.4, 0.5) is 0 Å². The molecule has 2 aliphatic heterocycles. The SMILES string of the molecule is CCCC(=O)N1CCCN(S(=O)(=O)c2ccc3c(c2)CCCO3)CC1. The quantitative estimate of drug-likeness (QED) is 0.818. The van der Waals surface area contributed by atoms with E-state index in [1.165, 1.54) is 4.31 Å². The minimum absolute atomic E-state index is 0.118. The number of carbonyl (C=O) groups is 1. The average Bonchev–Trinajstić information content (AvgIpc) is 2.88. The van der Waals surface area contributed by atoms with E-state index in [1.54, 1.807) is 23.1 Å². The Balaban J connectivity index is 1.75. The molecule has 3 rings (SSSR count). The van der Waals surface area contributed by atoms with Gasteiger partial charge in [0.25, 0.3) is 0 Å². The summed E-state index contributed by atoms with van der Waals surface area (Å²) in [6, 6.07) is 5.13. The molecule has 25 heavy (non-hydrogen) atoms. The number of carbonyl (C=O) groups excluding carboxylic acids is 1. The Morgan fingerprint density at radius 3 is 2.80 bits per heavy atom. The summed E-state index contributed by atoms with van der Waals surface area (Å²) in [7, 11) is -3.54. The van der Waals surface area contributed by atoms with E-state index in [2.05, 4.69) is 0 Å². The van der Waals surface area contributed by atoms with Crippen molar-refractivity contribution in [3.05, 3.63) is 23.8 Å². The summed E-state index contributed by atoms with van der Waals surface area (Å²) >= 11 is 0. The van der Waals surface area contributed by atoms with Crippen LogP contribution in [0.2, 0.25) is 0 Å². The van der Waals surface area contributed by atoms with E-state index in [1.807, 2.05) is 6.92 Å². The number of hydrogen-bond donors (Lipinski definition) is 0. The van der Waals surface area contributed by atoms with Crippen molar-refractivity contribution in [3.8, 4) is 5.75 Å². The standard InChI is InChI=1S/C18H26N2O4S/c1-2-5-18(21)19-9-4-10-20(12-11-19)25(22,23)16-7-8-17-15(14-16)6-3-13-24-17/h7-8,14H,2-6,9-13H2,1H3. The van der Waals surface area contributed by atoms with Crippen LogP contribution in [0.5, 0.6) is 5.75 Å². The molecule has 7 heteroatoms. The van der Waals surface area contributed by atoms with Crippen molar-refractivity contribution in [3.63, 3.8) is 0 Å². The predicted octanol–water partition coefficient (Wildman–Crippen LogP) is 2.03. The van der Waals surface area contributed by atoms with E-state index in [0.717, 1.165) is 30.6 Å². The highest BCUT2D eigenvalue weighted by atomic mass is 32.2. The zero-order chi connectivity index (χ0) is 17.9. The normalized spacial score (nSPS) is 19.0. The topological polar surface area (TPSA) is 66.9 Å². The Morgan fingerprint density at radius 2 is 2.00 bits per heavy atom. The highest BCUT2D eigenvalue weighted by molar-refractivity contribution is 7.89. The highest BCUT2D eigenvalue weighted by Gasteiger charge is 2.29. The zero-order valence-electron chi connectivity index (χ0n) is 14.7. The maximum atomic E-state index is 13.0. The first-order chi connectivity index (χ1) is 12.0. The lowest BCUT2D eigenvalue weighted by Crippen LogP contribution is -2.37. The lowest BCUT2D eigenvalue weighted by molar-refractivity contribution is -0.131. The fraction of sp³-hybridized carbons (Fsp3) is 0.611. The molecule has 0 atom stereocenters. The summed E-state index contributed by atoms with van der Waals surface area (Å²) in [5, 5.41) is 0. The van der Waals surface area contributed by atoms with Crippen LogP contribution in [0.1, 0.15) is 38.2 Å². The van der Waals surface area contributed by atoms with Gasteiger partial charge < -0.3 is 9.64 Å². The van der Waals surface area contributed by atoms with Crippen LogP contribution in [-0.2, 0) is 21.2 Å². The fourth-order valence-corrected chi connectivity index (χ4v) is 4.92. The lowest BCUT2D eigenvalue weighted by atomic mass is 10.1. The first-order valence-electron chi connectivity index (χ1n) is 9.06. The average molecular weight is 366 g/mol. The minimum atomic E-state index is -3.54. The number of ether oxygens (including phenoxy) is 1. The molecule has 0 bridgehead atoms. The van der Waals surface area contributed by atoms with Gasteiger partial charge in [0.2, 0.25) is 15.9 Å². The summed E-state index contributed by atoms with van der Waals surface area (Å²) in [6.07, 6.45) is 3.77. The second-order valence-corrected chi connectivity index (χ2v) is 8.55. The minimum Gasteiger partial charge on any atom is -0.493 e. The molecule has 0 aromatic heterocycles. The molecule has 2 heterocycles. The summed E-state index contributed by atoms with van der Waals surface area (Å²) in [6.45, 7) is 4.56. The van der Waals surface area contributed by atoms with Gasteiger partial charge in [-0.1, -0.05) is 6.92 Å². The summed E-state index contributed by atoms with van der Waals surface area (Å²) in [5.74, 6) is 0.907. The van der Waals surface area contributed by atoms with Crippen LogP contribution in [0.25, 0.3) is 0 Å². The van der Waals surface area contributed by atoms with Crippen LogP contribution >= 0.6 is 0 Å². The highest BCUT2D eigenvalue weighted by Crippen LogP contribution is 2.28. The van der Waals surface area contributed by atoms with E-state index in [0.29, 0.717) is 50.5 Å². The number of sulfonamides is 1. The number of benzene rings is 1. The molecule has 1 fully saturated rings. The van der Waals surface area contributed by atoms with Crippen LogP contribution in [-0.4, -0.2) is 56.3 Å². The van der Waals surface area contributed by atoms with Gasteiger partial charge in [0, 0.05) is 32.6 Å². The Morgan fingerprint density at radius 1 is 1.16 bits per heavy atom. The van der Waals surface area contributed by atoms with Crippen LogP contribution in [0.15, 0.2) is 23.1 Å². The predicted molar refractivity (Wildman–Crippen MR) is 95.1 cm³/mol. The summed E-state index contributed by atoms with van der Waals surface area (Å²) < 4.78 is 33.1. The molecule has 1 amide bonds. The van der Waals surface area contributed by atoms with E-state index < -0.39 is 10.0 Å². The molecule has 0 N–H and O–H groups in total. The van der Waals surface area contributed by atoms with Crippen molar-refractivity contribution in [2.75, 3.05) is 32.8 Å². The van der Waals surface area contributed by atoms with Gasteiger partial charge in [-0.2, -0.15) is 4.31 Å². The van der Waals surface area contributed by atoms with Crippen LogP contribution in [0.3, 0.4) is 0 Å². The van der Waals surface area contributed by atoms with E-state index in [9.17, 15) is 13.2 Å². The Bertz CT molecular complexity index is 733. The second-order valence-electron chi connectivity index (χ2n) is 6.61. The van der Waals surface area contributed by atoms with Crippen molar-refractivity contribution in [2.45, 2.75) is 43.9 Å². The third-order valence-corrected chi connectivity index (χ3v) is 6.68. The van der Waals surface area contributed by atoms with E-state index in [4.69, 9.17) is 4.74 Å². The molecular formula is C18H26N2O4S. The molecule has 138 valence electrons. The Kier molecular flexibility index (Phi) is 5.64. The molecule has 0 unspecified atom stereocenters. The van der Waals surface area contributed by atoms with Crippen LogP contribution in [0, 0.1) is 0 Å². The fourth-order valence-electron chi connectivity index (χ4n) is 3.40. The van der Waals surface area contributed by atoms with Gasteiger partial charge in [0.1, 0.15) is 5.75 Å². The molecule has 6 nitrogen and oxygen atoms in total. The number of nitrogens with zero attached hydrogens (tertiary/aromatic N) is 2. The number of aryl methyl sites for hydroxylation is 1. The van der Waals surface area contributed by atoms with Gasteiger partial charge in [-0.05, 0) is 49.4 Å². The molecule has 0 aliphatic carbocycles. The monoisotopic (exact) mass is 366 g/mol. The first-order valence-corrected chi connectivity index (χ1v) is 10.5. The smallest absolute Gasteiger partial charge is 0.243 e. The van der Waals surface area contributed by atoms with E-state index in [-0.39, 0.29) is 5.91 Å². The largest absolute Gasteiger partial charge is 0.493 e. The maximum Gasteiger partial charge on any atom is 0.243 e. The van der Waals surface area contributed by atoms with Crippen molar-refractivity contribution >= 4 is 15.9 Å². The molecule has 1 saturated heterocycles. The third kappa shape index (κ3) is 3.98. The molecule has 0 spiro atoms. The first kappa shape index (κ1) is 18.2. The molecule has 0 saturated carbocycles. The van der Waals surface area contributed by atoms with Gasteiger partial charge in [-0.25, -0.2) is 8.42 Å². The Hall–Kier alpha value is -1.60.